The summed E-state index contributed by atoms with van der Waals surface area (Å²) in [6.07, 6.45) is 0. The summed E-state index contributed by atoms with van der Waals surface area (Å²) in [4.78, 5) is 0. The van der Waals surface area contributed by atoms with Gasteiger partial charge in [0.15, 0.2) is 11.5 Å². The third kappa shape index (κ3) is 3.23. The average Bonchev–Trinajstić information content (AvgIpc) is 2.34. The first-order valence-electron chi connectivity index (χ1n) is 6.76. The number of hydrogen-bond acceptors (Lipinski definition) is 3. The molecule has 0 radical (unpaired) electrons. The summed E-state index contributed by atoms with van der Waals surface area (Å²) in [5, 5.41) is 3.56. The molecule has 1 aliphatic heterocycles. The Labute approximate surface area is 123 Å². The molecule has 106 valence electrons. The second-order valence-corrected chi connectivity index (χ2v) is 6.73. The van der Waals surface area contributed by atoms with Gasteiger partial charge in [-0.3, -0.25) is 0 Å². The molecule has 0 bridgehead atoms. The summed E-state index contributed by atoms with van der Waals surface area (Å²) in [6, 6.07) is 4.37. The van der Waals surface area contributed by atoms with Gasteiger partial charge in [-0.05, 0) is 29.7 Å². The van der Waals surface area contributed by atoms with Crippen molar-refractivity contribution in [1.29, 1.82) is 0 Å². The predicted octanol–water partition coefficient (Wildman–Crippen LogP) is 3.92. The zero-order valence-electron chi connectivity index (χ0n) is 12.0. The van der Waals surface area contributed by atoms with Crippen LogP contribution in [0.25, 0.3) is 0 Å². The highest BCUT2D eigenvalue weighted by Gasteiger charge is 2.28. The van der Waals surface area contributed by atoms with Crippen LogP contribution >= 0.6 is 15.9 Å². The van der Waals surface area contributed by atoms with E-state index in [4.69, 9.17) is 9.47 Å². The Morgan fingerprint density at radius 2 is 1.79 bits per heavy atom. The molecule has 1 unspecified atom stereocenters. The number of benzene rings is 1. The van der Waals surface area contributed by atoms with Crippen LogP contribution in [-0.4, -0.2) is 19.8 Å². The summed E-state index contributed by atoms with van der Waals surface area (Å²) < 4.78 is 12.4. The van der Waals surface area contributed by atoms with Crippen LogP contribution in [-0.2, 0) is 0 Å². The SMILES string of the molecule is CCNC(c1cc2c(cc1Br)OCCO2)C(C)(C)C. The van der Waals surface area contributed by atoms with E-state index in [9.17, 15) is 0 Å². The third-order valence-corrected chi connectivity index (χ3v) is 3.93. The second kappa shape index (κ2) is 5.71. The zero-order valence-corrected chi connectivity index (χ0v) is 13.6. The highest BCUT2D eigenvalue weighted by molar-refractivity contribution is 9.10. The maximum atomic E-state index is 5.69. The van der Waals surface area contributed by atoms with Crippen LogP contribution in [0, 0.1) is 5.41 Å². The molecule has 0 amide bonds. The van der Waals surface area contributed by atoms with Crippen LogP contribution in [0.3, 0.4) is 0 Å². The number of hydrogen-bond donors (Lipinski definition) is 1. The molecular weight excluding hydrogens is 306 g/mol. The van der Waals surface area contributed by atoms with Crippen molar-refractivity contribution in [3.63, 3.8) is 0 Å². The van der Waals surface area contributed by atoms with E-state index in [0.29, 0.717) is 13.2 Å². The molecule has 0 spiro atoms. The first kappa shape index (κ1) is 14.7. The monoisotopic (exact) mass is 327 g/mol. The van der Waals surface area contributed by atoms with Gasteiger partial charge in [0.2, 0.25) is 0 Å². The van der Waals surface area contributed by atoms with E-state index in [1.807, 2.05) is 6.07 Å². The van der Waals surface area contributed by atoms with Crippen LogP contribution in [0.4, 0.5) is 0 Å². The summed E-state index contributed by atoms with van der Waals surface area (Å²) in [5.74, 6) is 1.67. The fourth-order valence-electron chi connectivity index (χ4n) is 2.39. The molecule has 2 rings (SSSR count). The van der Waals surface area contributed by atoms with E-state index in [0.717, 1.165) is 22.5 Å². The molecule has 1 atom stereocenters. The molecule has 1 aliphatic rings. The molecule has 0 saturated carbocycles. The fraction of sp³-hybridized carbons (Fsp3) is 0.600. The Kier molecular flexibility index (Phi) is 4.41. The standard InChI is InChI=1S/C15H22BrNO2/c1-5-17-14(15(2,3)4)10-8-12-13(9-11(10)16)19-7-6-18-12/h8-9,14,17H,5-7H2,1-4H3. The van der Waals surface area contributed by atoms with Gasteiger partial charge in [-0.1, -0.05) is 43.6 Å². The average molecular weight is 328 g/mol. The molecule has 3 nitrogen and oxygen atoms in total. The number of halogens is 1. The van der Waals surface area contributed by atoms with Crippen molar-refractivity contribution in [2.24, 2.45) is 5.41 Å². The van der Waals surface area contributed by atoms with E-state index in [-0.39, 0.29) is 11.5 Å². The molecule has 0 aromatic heterocycles. The molecule has 1 aromatic carbocycles. The predicted molar refractivity (Wildman–Crippen MR) is 81.0 cm³/mol. The Balaban J connectivity index is 2.42. The van der Waals surface area contributed by atoms with Gasteiger partial charge in [-0.15, -0.1) is 0 Å². The third-order valence-electron chi connectivity index (χ3n) is 3.25. The van der Waals surface area contributed by atoms with Gasteiger partial charge in [0.05, 0.1) is 0 Å². The van der Waals surface area contributed by atoms with Crippen LogP contribution in [0.5, 0.6) is 11.5 Å². The lowest BCUT2D eigenvalue weighted by molar-refractivity contribution is 0.170. The van der Waals surface area contributed by atoms with Gasteiger partial charge in [0.25, 0.3) is 0 Å². The molecule has 0 saturated heterocycles. The first-order chi connectivity index (χ1) is 8.93. The lowest BCUT2D eigenvalue weighted by Gasteiger charge is -2.33. The molecule has 1 heterocycles. The van der Waals surface area contributed by atoms with Crippen molar-refractivity contribution >= 4 is 15.9 Å². The van der Waals surface area contributed by atoms with E-state index >= 15 is 0 Å². The summed E-state index contributed by atoms with van der Waals surface area (Å²) in [6.45, 7) is 11.0. The Morgan fingerprint density at radius 3 is 2.32 bits per heavy atom. The van der Waals surface area contributed by atoms with Gasteiger partial charge in [0, 0.05) is 10.5 Å². The lowest BCUT2D eigenvalue weighted by atomic mass is 9.82. The molecule has 0 fully saturated rings. The van der Waals surface area contributed by atoms with Crippen molar-refractivity contribution in [2.75, 3.05) is 19.8 Å². The lowest BCUT2D eigenvalue weighted by Crippen LogP contribution is -2.32. The molecule has 4 heteroatoms. The Bertz CT molecular complexity index is 454. The largest absolute Gasteiger partial charge is 0.486 e. The van der Waals surface area contributed by atoms with E-state index in [2.05, 4.69) is 55.0 Å². The maximum Gasteiger partial charge on any atom is 0.162 e. The van der Waals surface area contributed by atoms with Gasteiger partial charge >= 0.3 is 0 Å². The van der Waals surface area contributed by atoms with Crippen molar-refractivity contribution in [3.8, 4) is 11.5 Å². The van der Waals surface area contributed by atoms with Gasteiger partial charge in [-0.2, -0.15) is 0 Å². The minimum absolute atomic E-state index is 0.127. The fourth-order valence-corrected chi connectivity index (χ4v) is 2.94. The minimum atomic E-state index is 0.127. The second-order valence-electron chi connectivity index (χ2n) is 5.87. The van der Waals surface area contributed by atoms with Crippen molar-refractivity contribution in [1.82, 2.24) is 5.32 Å². The summed E-state index contributed by atoms with van der Waals surface area (Å²) in [7, 11) is 0. The van der Waals surface area contributed by atoms with E-state index < -0.39 is 0 Å². The van der Waals surface area contributed by atoms with Gasteiger partial charge < -0.3 is 14.8 Å². The van der Waals surface area contributed by atoms with Crippen LogP contribution in [0.2, 0.25) is 0 Å². The van der Waals surface area contributed by atoms with Crippen LogP contribution in [0.15, 0.2) is 16.6 Å². The molecular formula is C15H22BrNO2. The number of nitrogens with one attached hydrogen (secondary N) is 1. The maximum absolute atomic E-state index is 5.69. The van der Waals surface area contributed by atoms with Gasteiger partial charge in [-0.25, -0.2) is 0 Å². The smallest absolute Gasteiger partial charge is 0.162 e. The highest BCUT2D eigenvalue weighted by atomic mass is 79.9. The summed E-state index contributed by atoms with van der Waals surface area (Å²) in [5.41, 5.74) is 1.35. The minimum Gasteiger partial charge on any atom is -0.486 e. The van der Waals surface area contributed by atoms with Gasteiger partial charge in [0.1, 0.15) is 13.2 Å². The number of ether oxygens (including phenoxy) is 2. The topological polar surface area (TPSA) is 30.5 Å². The van der Waals surface area contributed by atoms with Crippen molar-refractivity contribution in [2.45, 2.75) is 33.7 Å². The van der Waals surface area contributed by atoms with Crippen LogP contribution in [0.1, 0.15) is 39.3 Å². The Morgan fingerprint density at radius 1 is 1.21 bits per heavy atom. The molecule has 19 heavy (non-hydrogen) atoms. The zero-order chi connectivity index (χ0) is 14.0. The number of fused-ring (bicyclic) bond motifs is 1. The van der Waals surface area contributed by atoms with E-state index in [1.165, 1.54) is 5.56 Å². The molecule has 1 aromatic rings. The highest BCUT2D eigenvalue weighted by Crippen LogP contribution is 2.42. The van der Waals surface area contributed by atoms with E-state index in [1.54, 1.807) is 0 Å². The first-order valence-corrected chi connectivity index (χ1v) is 7.55. The van der Waals surface area contributed by atoms with Crippen molar-refractivity contribution in [3.05, 3.63) is 22.2 Å². The Hall–Kier alpha value is -0.740. The summed E-state index contributed by atoms with van der Waals surface area (Å²) >= 11 is 3.66. The van der Waals surface area contributed by atoms with Crippen molar-refractivity contribution < 1.29 is 9.47 Å². The quantitative estimate of drug-likeness (QED) is 0.912. The molecule has 0 aliphatic carbocycles. The normalized spacial score (nSPS) is 16.3. The molecule has 1 N–H and O–H groups in total. The number of rotatable bonds is 3. The van der Waals surface area contributed by atoms with Crippen LogP contribution < -0.4 is 14.8 Å².